The van der Waals surface area contributed by atoms with Crippen molar-refractivity contribution in [1.82, 2.24) is 5.32 Å². The number of amides is 1. The summed E-state index contributed by atoms with van der Waals surface area (Å²) < 4.78 is 43.6. The Labute approximate surface area is 147 Å². The number of rotatable bonds is 7. The Hall–Kier alpha value is -1.68. The molecule has 0 aromatic heterocycles. The van der Waals surface area contributed by atoms with E-state index in [2.05, 4.69) is 5.32 Å². The number of carbonyl (C=O) groups is 1. The first-order valence-electron chi connectivity index (χ1n) is 7.78. The maximum Gasteiger partial charge on any atom is 0.407 e. The van der Waals surface area contributed by atoms with Crippen molar-refractivity contribution in [2.75, 3.05) is 19.5 Å². The van der Waals surface area contributed by atoms with E-state index in [9.17, 15) is 13.2 Å². The number of alkyl carbamates (subject to hydrolysis) is 1. The average molecular weight is 373 g/mol. The normalized spacial score (nSPS) is 20.8. The van der Waals surface area contributed by atoms with Gasteiger partial charge in [-0.25, -0.2) is 4.79 Å². The maximum atomic E-state index is 12.0. The van der Waals surface area contributed by atoms with Gasteiger partial charge in [0.1, 0.15) is 12.7 Å². The fraction of sp³-hybridized carbons (Fsp3) is 0.562. The Morgan fingerprint density at radius 2 is 2.04 bits per heavy atom. The molecule has 1 aromatic rings. The first-order valence-corrected chi connectivity index (χ1v) is 9.60. The van der Waals surface area contributed by atoms with Crippen molar-refractivity contribution >= 4 is 16.2 Å². The van der Waals surface area contributed by atoms with Gasteiger partial charge in [0, 0.05) is 0 Å². The fourth-order valence-corrected chi connectivity index (χ4v) is 2.66. The van der Waals surface area contributed by atoms with Gasteiger partial charge < -0.3 is 19.5 Å². The molecule has 0 spiro atoms. The quantitative estimate of drug-likeness (QED) is 0.721. The molecule has 1 aromatic carbocycles. The van der Waals surface area contributed by atoms with Gasteiger partial charge in [-0.15, -0.1) is 0 Å². The third-order valence-corrected chi connectivity index (χ3v) is 4.02. The molecule has 0 bridgehead atoms. The second-order valence-corrected chi connectivity index (χ2v) is 7.81. The van der Waals surface area contributed by atoms with Gasteiger partial charge in [-0.2, -0.15) is 8.42 Å². The summed E-state index contributed by atoms with van der Waals surface area (Å²) >= 11 is 0. The minimum absolute atomic E-state index is 0.0971. The van der Waals surface area contributed by atoms with Crippen molar-refractivity contribution < 1.29 is 31.6 Å². The van der Waals surface area contributed by atoms with E-state index in [0.717, 1.165) is 11.8 Å². The molecule has 2 atom stereocenters. The van der Waals surface area contributed by atoms with Crippen LogP contribution in [-0.4, -0.2) is 51.9 Å². The summed E-state index contributed by atoms with van der Waals surface area (Å²) in [7, 11) is -3.66. The molecule has 1 heterocycles. The highest BCUT2D eigenvalue weighted by atomic mass is 32.2. The van der Waals surface area contributed by atoms with Crippen LogP contribution in [0.5, 0.6) is 0 Å². The first kappa shape index (κ1) is 19.6. The van der Waals surface area contributed by atoms with Crippen LogP contribution in [-0.2, 0) is 35.1 Å². The zero-order valence-electron chi connectivity index (χ0n) is 14.4. The molecule has 1 amide bonds. The Balaban J connectivity index is 1.93. The third-order valence-electron chi connectivity index (χ3n) is 3.46. The van der Waals surface area contributed by atoms with Gasteiger partial charge in [0.2, 0.25) is 0 Å². The van der Waals surface area contributed by atoms with Crippen LogP contribution in [0.15, 0.2) is 30.3 Å². The lowest BCUT2D eigenvalue weighted by atomic mass is 10.2. The van der Waals surface area contributed by atoms with E-state index in [-0.39, 0.29) is 19.8 Å². The zero-order chi connectivity index (χ0) is 18.5. The molecular weight excluding hydrogens is 350 g/mol. The topological polar surface area (TPSA) is 100 Å². The molecule has 1 aliphatic rings. The third kappa shape index (κ3) is 6.99. The summed E-state index contributed by atoms with van der Waals surface area (Å²) in [5.74, 6) is -0.816. The average Bonchev–Trinajstić information content (AvgIpc) is 2.89. The summed E-state index contributed by atoms with van der Waals surface area (Å²) in [6, 6.07) is 8.46. The Bertz CT molecular complexity index is 675. The van der Waals surface area contributed by atoms with Crippen molar-refractivity contribution in [3.63, 3.8) is 0 Å². The monoisotopic (exact) mass is 373 g/mol. The number of carbonyl (C=O) groups excluding carboxylic acids is 1. The molecule has 8 nitrogen and oxygen atoms in total. The van der Waals surface area contributed by atoms with E-state index in [0.29, 0.717) is 0 Å². The molecular formula is C16H23NO7S. The van der Waals surface area contributed by atoms with Gasteiger partial charge in [-0.05, 0) is 19.4 Å². The number of hydrogen-bond acceptors (Lipinski definition) is 7. The van der Waals surface area contributed by atoms with Crippen LogP contribution in [0.1, 0.15) is 19.4 Å². The summed E-state index contributed by atoms with van der Waals surface area (Å²) in [6.45, 7) is 3.48. The molecule has 1 fully saturated rings. The van der Waals surface area contributed by atoms with Gasteiger partial charge in [0.25, 0.3) is 10.1 Å². The summed E-state index contributed by atoms with van der Waals surface area (Å²) in [5, 5.41) is 2.58. The fourth-order valence-electron chi connectivity index (χ4n) is 2.27. The van der Waals surface area contributed by atoms with E-state index >= 15 is 0 Å². The second kappa shape index (κ2) is 8.13. The van der Waals surface area contributed by atoms with Crippen LogP contribution in [0.2, 0.25) is 0 Å². The van der Waals surface area contributed by atoms with E-state index in [1.165, 1.54) is 0 Å². The van der Waals surface area contributed by atoms with Gasteiger partial charge in [-0.1, -0.05) is 30.3 Å². The van der Waals surface area contributed by atoms with Crippen molar-refractivity contribution in [1.29, 1.82) is 0 Å². The Morgan fingerprint density at radius 3 is 2.60 bits per heavy atom. The molecule has 1 N–H and O–H groups in total. The van der Waals surface area contributed by atoms with Gasteiger partial charge >= 0.3 is 6.09 Å². The molecule has 25 heavy (non-hydrogen) atoms. The van der Waals surface area contributed by atoms with Crippen LogP contribution in [0, 0.1) is 0 Å². The van der Waals surface area contributed by atoms with Gasteiger partial charge in [0.05, 0.1) is 25.5 Å². The number of benzene rings is 1. The molecule has 2 rings (SSSR count). The van der Waals surface area contributed by atoms with E-state index < -0.39 is 34.1 Å². The predicted octanol–water partition coefficient (Wildman–Crippen LogP) is 1.41. The van der Waals surface area contributed by atoms with E-state index in [1.807, 2.05) is 30.3 Å². The summed E-state index contributed by atoms with van der Waals surface area (Å²) in [4.78, 5) is 12.0. The molecule has 0 radical (unpaired) electrons. The molecule has 0 aliphatic carbocycles. The molecule has 0 unspecified atom stereocenters. The van der Waals surface area contributed by atoms with Crippen LogP contribution in [0.3, 0.4) is 0 Å². The van der Waals surface area contributed by atoms with Gasteiger partial charge in [0.15, 0.2) is 5.79 Å². The summed E-state index contributed by atoms with van der Waals surface area (Å²) in [6.07, 6.45) is -0.312. The van der Waals surface area contributed by atoms with E-state index in [4.69, 9.17) is 18.4 Å². The first-order chi connectivity index (χ1) is 11.6. The van der Waals surface area contributed by atoms with E-state index in [1.54, 1.807) is 13.8 Å². The molecule has 9 heteroatoms. The lowest BCUT2D eigenvalue weighted by Crippen LogP contribution is -2.48. The van der Waals surface area contributed by atoms with Crippen LogP contribution in [0.25, 0.3) is 0 Å². The van der Waals surface area contributed by atoms with Crippen LogP contribution in [0.4, 0.5) is 4.79 Å². The second-order valence-electron chi connectivity index (χ2n) is 6.17. The highest BCUT2D eigenvalue weighted by Gasteiger charge is 2.38. The Morgan fingerprint density at radius 1 is 1.36 bits per heavy atom. The lowest BCUT2D eigenvalue weighted by Gasteiger charge is -2.24. The highest BCUT2D eigenvalue weighted by Crippen LogP contribution is 2.24. The minimum Gasteiger partial charge on any atom is -0.445 e. The van der Waals surface area contributed by atoms with Crippen LogP contribution < -0.4 is 5.32 Å². The Kier molecular flexibility index (Phi) is 6.39. The molecule has 1 saturated heterocycles. The van der Waals surface area contributed by atoms with Crippen molar-refractivity contribution in [2.45, 2.75) is 38.4 Å². The molecule has 1 aliphatic heterocycles. The smallest absolute Gasteiger partial charge is 0.407 e. The lowest BCUT2D eigenvalue weighted by molar-refractivity contribution is -0.142. The number of ether oxygens (including phenoxy) is 3. The molecule has 0 saturated carbocycles. The van der Waals surface area contributed by atoms with Crippen LogP contribution >= 0.6 is 0 Å². The highest BCUT2D eigenvalue weighted by molar-refractivity contribution is 7.85. The van der Waals surface area contributed by atoms with Crippen molar-refractivity contribution in [3.8, 4) is 0 Å². The number of nitrogens with one attached hydrogen (secondary N) is 1. The number of hydrogen-bond donors (Lipinski definition) is 1. The largest absolute Gasteiger partial charge is 0.445 e. The standard InChI is InChI=1S/C16H23NO7S/c1-16(2)22-11-14(24-16)13(10-23-25(3,19)20)17-15(18)21-9-12-7-5-4-6-8-12/h4-8,13-14H,9-11H2,1-3H3,(H,17,18)/t13-,14-/m0/s1. The predicted molar refractivity (Wildman–Crippen MR) is 89.3 cm³/mol. The maximum absolute atomic E-state index is 12.0. The molecule has 140 valence electrons. The zero-order valence-corrected chi connectivity index (χ0v) is 15.2. The SMILES string of the molecule is CC1(C)OC[C@@H]([C@H](COS(C)(=O)=O)NC(=O)OCc2ccccc2)O1. The van der Waals surface area contributed by atoms with Crippen molar-refractivity contribution in [2.24, 2.45) is 0 Å². The minimum atomic E-state index is -3.66. The van der Waals surface area contributed by atoms with Crippen molar-refractivity contribution in [3.05, 3.63) is 35.9 Å². The summed E-state index contributed by atoms with van der Waals surface area (Å²) in [5.41, 5.74) is 0.836. The van der Waals surface area contributed by atoms with Gasteiger partial charge in [-0.3, -0.25) is 4.18 Å².